The Morgan fingerprint density at radius 3 is 2.79 bits per heavy atom. The van der Waals surface area contributed by atoms with Gasteiger partial charge >= 0.3 is 6.09 Å². The highest BCUT2D eigenvalue weighted by molar-refractivity contribution is 5.66. The molecule has 2 rings (SSSR count). The topological polar surface area (TPSA) is 49.8 Å². The lowest BCUT2D eigenvalue weighted by Gasteiger charge is -2.35. The third-order valence-electron chi connectivity index (χ3n) is 3.13. The van der Waals surface area contributed by atoms with Crippen molar-refractivity contribution in [2.75, 3.05) is 19.7 Å². The first-order chi connectivity index (χ1) is 9.25. The Labute approximate surface area is 113 Å². The van der Waals surface area contributed by atoms with Gasteiger partial charge in [0.1, 0.15) is 0 Å². The Balaban J connectivity index is 1.52. The number of carbonyl (C=O) groups is 1. The molecule has 4 nitrogen and oxygen atoms in total. The van der Waals surface area contributed by atoms with Crippen molar-refractivity contribution < 1.29 is 14.6 Å². The molecule has 1 saturated heterocycles. The zero-order chi connectivity index (χ0) is 13.5. The third kappa shape index (κ3) is 4.41. The van der Waals surface area contributed by atoms with Gasteiger partial charge in [-0.25, -0.2) is 4.79 Å². The molecule has 0 aromatic heterocycles. The molecule has 0 saturated carbocycles. The Morgan fingerprint density at radius 2 is 2.11 bits per heavy atom. The molecule has 102 valence electrons. The van der Waals surface area contributed by atoms with Gasteiger partial charge < -0.3 is 14.7 Å². The maximum absolute atomic E-state index is 10.6. The minimum atomic E-state index is -0.823. The van der Waals surface area contributed by atoms with Crippen molar-refractivity contribution in [2.24, 2.45) is 5.92 Å². The summed E-state index contributed by atoms with van der Waals surface area (Å²) in [5.74, 6) is 0.380. The lowest BCUT2D eigenvalue weighted by Crippen LogP contribution is -2.48. The zero-order valence-corrected chi connectivity index (χ0v) is 10.9. The summed E-state index contributed by atoms with van der Waals surface area (Å²) in [5, 5.41) is 8.68. The van der Waals surface area contributed by atoms with E-state index < -0.39 is 6.09 Å². The quantitative estimate of drug-likeness (QED) is 0.632. The minimum Gasteiger partial charge on any atom is -0.465 e. The van der Waals surface area contributed by atoms with Crippen molar-refractivity contribution in [2.45, 2.75) is 13.0 Å². The van der Waals surface area contributed by atoms with E-state index in [1.807, 2.05) is 30.3 Å². The number of hydrogen-bond acceptors (Lipinski definition) is 2. The van der Waals surface area contributed by atoms with E-state index in [1.165, 1.54) is 10.5 Å². The van der Waals surface area contributed by atoms with Gasteiger partial charge in [-0.2, -0.15) is 0 Å². The summed E-state index contributed by atoms with van der Waals surface area (Å²) in [4.78, 5) is 12.0. The summed E-state index contributed by atoms with van der Waals surface area (Å²) in [5.41, 5.74) is 1.18. The SMILES string of the molecule is O=C(O)N1CC(/C=C/CCOCc2ccccc2)C1. The second-order valence-electron chi connectivity index (χ2n) is 4.70. The van der Waals surface area contributed by atoms with Gasteiger partial charge in [0.15, 0.2) is 0 Å². The molecule has 0 bridgehead atoms. The molecule has 1 aliphatic rings. The lowest BCUT2D eigenvalue weighted by molar-refractivity contribution is 0.0969. The van der Waals surface area contributed by atoms with E-state index in [-0.39, 0.29) is 0 Å². The number of amides is 1. The Kier molecular flexibility index (Phi) is 4.98. The summed E-state index contributed by atoms with van der Waals surface area (Å²) in [6, 6.07) is 10.1. The number of carboxylic acid groups (broad SMARTS) is 1. The van der Waals surface area contributed by atoms with Crippen molar-refractivity contribution in [3.05, 3.63) is 48.0 Å². The van der Waals surface area contributed by atoms with Crippen LogP contribution in [0.1, 0.15) is 12.0 Å². The van der Waals surface area contributed by atoms with Crippen molar-refractivity contribution in [1.29, 1.82) is 0 Å². The number of hydrogen-bond donors (Lipinski definition) is 1. The Bertz CT molecular complexity index is 424. The molecule has 4 heteroatoms. The van der Waals surface area contributed by atoms with Crippen LogP contribution in [0.4, 0.5) is 4.79 Å². The zero-order valence-electron chi connectivity index (χ0n) is 10.9. The highest BCUT2D eigenvalue weighted by Gasteiger charge is 2.27. The second-order valence-corrected chi connectivity index (χ2v) is 4.70. The smallest absolute Gasteiger partial charge is 0.407 e. The monoisotopic (exact) mass is 261 g/mol. The molecule has 1 aromatic rings. The van der Waals surface area contributed by atoms with Crippen LogP contribution in [-0.2, 0) is 11.3 Å². The second kappa shape index (κ2) is 6.95. The van der Waals surface area contributed by atoms with E-state index in [0.29, 0.717) is 32.2 Å². The van der Waals surface area contributed by atoms with E-state index in [0.717, 1.165) is 6.42 Å². The standard InChI is InChI=1S/C15H19NO3/c17-15(18)16-10-14(11-16)8-4-5-9-19-12-13-6-2-1-3-7-13/h1-4,6-8,14H,5,9-12H2,(H,17,18)/b8-4+. The average molecular weight is 261 g/mol. The van der Waals surface area contributed by atoms with E-state index in [9.17, 15) is 4.79 Å². The molecular weight excluding hydrogens is 242 g/mol. The van der Waals surface area contributed by atoms with Crippen LogP contribution in [0.25, 0.3) is 0 Å². The number of benzene rings is 1. The van der Waals surface area contributed by atoms with Crippen LogP contribution in [0.15, 0.2) is 42.5 Å². The predicted molar refractivity (Wildman–Crippen MR) is 72.9 cm³/mol. The van der Waals surface area contributed by atoms with Crippen LogP contribution in [0.3, 0.4) is 0 Å². The first-order valence-electron chi connectivity index (χ1n) is 6.52. The summed E-state index contributed by atoms with van der Waals surface area (Å²) in [7, 11) is 0. The van der Waals surface area contributed by atoms with Gasteiger partial charge in [-0.15, -0.1) is 0 Å². The van der Waals surface area contributed by atoms with Gasteiger partial charge in [0.05, 0.1) is 13.2 Å². The first-order valence-corrected chi connectivity index (χ1v) is 6.52. The van der Waals surface area contributed by atoms with E-state index >= 15 is 0 Å². The summed E-state index contributed by atoms with van der Waals surface area (Å²) >= 11 is 0. The fourth-order valence-corrected chi connectivity index (χ4v) is 1.99. The van der Waals surface area contributed by atoms with Gasteiger partial charge in [-0.05, 0) is 12.0 Å². The number of nitrogens with zero attached hydrogens (tertiary/aromatic N) is 1. The van der Waals surface area contributed by atoms with Gasteiger partial charge in [0.2, 0.25) is 0 Å². The van der Waals surface area contributed by atoms with E-state index in [1.54, 1.807) is 0 Å². The molecule has 1 N–H and O–H groups in total. The van der Waals surface area contributed by atoms with Crippen LogP contribution in [0.5, 0.6) is 0 Å². The summed E-state index contributed by atoms with van der Waals surface area (Å²) < 4.78 is 5.56. The van der Waals surface area contributed by atoms with Gasteiger partial charge in [-0.1, -0.05) is 42.5 Å². The molecule has 0 aliphatic carbocycles. The van der Waals surface area contributed by atoms with Gasteiger partial charge in [0, 0.05) is 19.0 Å². The number of likely N-dealkylation sites (tertiary alicyclic amines) is 1. The minimum absolute atomic E-state index is 0.380. The molecule has 0 spiro atoms. The largest absolute Gasteiger partial charge is 0.465 e. The molecule has 1 heterocycles. The molecule has 19 heavy (non-hydrogen) atoms. The van der Waals surface area contributed by atoms with Crippen molar-refractivity contribution in [3.63, 3.8) is 0 Å². The van der Waals surface area contributed by atoms with Crippen molar-refractivity contribution >= 4 is 6.09 Å². The predicted octanol–water partition coefficient (Wildman–Crippen LogP) is 2.76. The summed E-state index contributed by atoms with van der Waals surface area (Å²) in [6.07, 6.45) is 4.21. The van der Waals surface area contributed by atoms with Gasteiger partial charge in [0.25, 0.3) is 0 Å². The molecule has 0 unspecified atom stereocenters. The molecule has 0 atom stereocenters. The molecule has 1 amide bonds. The molecule has 1 aromatic carbocycles. The number of rotatable bonds is 6. The molecular formula is C15H19NO3. The van der Waals surface area contributed by atoms with Crippen LogP contribution in [0, 0.1) is 5.92 Å². The lowest BCUT2D eigenvalue weighted by atomic mass is 10.0. The highest BCUT2D eigenvalue weighted by Crippen LogP contribution is 2.16. The van der Waals surface area contributed by atoms with Gasteiger partial charge in [-0.3, -0.25) is 0 Å². The fraction of sp³-hybridized carbons (Fsp3) is 0.400. The third-order valence-corrected chi connectivity index (χ3v) is 3.13. The molecule has 0 radical (unpaired) electrons. The maximum atomic E-state index is 10.6. The Morgan fingerprint density at radius 1 is 1.37 bits per heavy atom. The van der Waals surface area contributed by atoms with Crippen LogP contribution in [-0.4, -0.2) is 35.8 Å². The van der Waals surface area contributed by atoms with Crippen molar-refractivity contribution in [3.8, 4) is 0 Å². The van der Waals surface area contributed by atoms with E-state index in [4.69, 9.17) is 9.84 Å². The van der Waals surface area contributed by atoms with Crippen LogP contribution >= 0.6 is 0 Å². The van der Waals surface area contributed by atoms with Crippen molar-refractivity contribution in [1.82, 2.24) is 4.90 Å². The number of ether oxygens (including phenoxy) is 1. The first kappa shape index (κ1) is 13.6. The normalized spacial score (nSPS) is 15.7. The summed E-state index contributed by atoms with van der Waals surface area (Å²) in [6.45, 7) is 2.58. The highest BCUT2D eigenvalue weighted by atomic mass is 16.5. The molecule has 1 aliphatic heterocycles. The fourth-order valence-electron chi connectivity index (χ4n) is 1.99. The van der Waals surface area contributed by atoms with E-state index in [2.05, 4.69) is 12.2 Å². The maximum Gasteiger partial charge on any atom is 0.407 e. The Hall–Kier alpha value is -1.81. The molecule has 1 fully saturated rings. The average Bonchev–Trinajstić information content (AvgIpc) is 2.36. The van der Waals surface area contributed by atoms with Crippen LogP contribution < -0.4 is 0 Å². The van der Waals surface area contributed by atoms with Crippen LogP contribution in [0.2, 0.25) is 0 Å².